The summed E-state index contributed by atoms with van der Waals surface area (Å²) in [4.78, 5) is 7.71. The van der Waals surface area contributed by atoms with Gasteiger partial charge in [-0.05, 0) is 18.4 Å². The monoisotopic (exact) mass is 226 g/mol. The van der Waals surface area contributed by atoms with E-state index in [0.29, 0.717) is 5.02 Å². The lowest BCUT2D eigenvalue weighted by Gasteiger charge is -1.90. The average molecular weight is 227 g/mol. The van der Waals surface area contributed by atoms with Gasteiger partial charge in [-0.25, -0.2) is 4.98 Å². The van der Waals surface area contributed by atoms with Crippen LogP contribution in [0.3, 0.4) is 0 Å². The average Bonchev–Trinajstić information content (AvgIpc) is 2.59. The highest BCUT2D eigenvalue weighted by molar-refractivity contribution is 7.98. The Morgan fingerprint density at radius 2 is 2.36 bits per heavy atom. The van der Waals surface area contributed by atoms with Crippen LogP contribution in [0.2, 0.25) is 5.02 Å². The van der Waals surface area contributed by atoms with Crippen molar-refractivity contribution in [2.45, 2.75) is 6.42 Å². The van der Waals surface area contributed by atoms with Crippen molar-refractivity contribution in [3.63, 3.8) is 0 Å². The molecule has 0 radical (unpaired) electrons. The molecule has 0 aliphatic rings. The van der Waals surface area contributed by atoms with Crippen LogP contribution in [0.1, 0.15) is 5.82 Å². The van der Waals surface area contributed by atoms with Crippen LogP contribution >= 0.6 is 23.4 Å². The van der Waals surface area contributed by atoms with E-state index in [0.717, 1.165) is 29.0 Å². The van der Waals surface area contributed by atoms with E-state index in [2.05, 4.69) is 16.2 Å². The summed E-state index contributed by atoms with van der Waals surface area (Å²) in [6.45, 7) is 0. The van der Waals surface area contributed by atoms with Gasteiger partial charge >= 0.3 is 0 Å². The van der Waals surface area contributed by atoms with Crippen molar-refractivity contribution in [2.24, 2.45) is 0 Å². The van der Waals surface area contributed by atoms with Gasteiger partial charge in [0.15, 0.2) is 0 Å². The predicted octanol–water partition coefficient (Wildman–Crippen LogP) is 3.12. The lowest BCUT2D eigenvalue weighted by molar-refractivity contribution is 1.01. The summed E-state index contributed by atoms with van der Waals surface area (Å²) >= 11 is 7.83. The summed E-state index contributed by atoms with van der Waals surface area (Å²) in [7, 11) is 0. The van der Waals surface area contributed by atoms with Gasteiger partial charge in [0.1, 0.15) is 11.3 Å². The van der Waals surface area contributed by atoms with E-state index in [9.17, 15) is 0 Å². The molecule has 4 heteroatoms. The molecule has 0 bridgehead atoms. The van der Waals surface area contributed by atoms with E-state index in [1.165, 1.54) is 0 Å². The number of aryl methyl sites for hydroxylation is 1. The van der Waals surface area contributed by atoms with E-state index >= 15 is 0 Å². The number of nitrogens with zero attached hydrogens (tertiary/aromatic N) is 1. The Bertz CT molecular complexity index is 439. The number of halogens is 1. The Labute approximate surface area is 92.1 Å². The van der Waals surface area contributed by atoms with Crippen molar-refractivity contribution in [3.05, 3.63) is 29.0 Å². The molecule has 0 fully saturated rings. The second kappa shape index (κ2) is 4.24. The van der Waals surface area contributed by atoms with Gasteiger partial charge in [0, 0.05) is 12.2 Å². The smallest absolute Gasteiger partial charge is 0.108 e. The number of thioether (sulfide) groups is 1. The molecule has 0 aliphatic carbocycles. The molecule has 0 aliphatic heterocycles. The van der Waals surface area contributed by atoms with Gasteiger partial charge in [-0.2, -0.15) is 11.8 Å². The molecule has 0 amide bonds. The molecule has 0 saturated heterocycles. The minimum absolute atomic E-state index is 0.717. The molecule has 0 saturated carbocycles. The summed E-state index contributed by atoms with van der Waals surface area (Å²) < 4.78 is 0. The van der Waals surface area contributed by atoms with Crippen LogP contribution in [0.25, 0.3) is 11.0 Å². The molecule has 1 heterocycles. The van der Waals surface area contributed by atoms with E-state index in [1.54, 1.807) is 0 Å². The van der Waals surface area contributed by atoms with Crippen LogP contribution in [0.4, 0.5) is 0 Å². The number of nitrogens with one attached hydrogen (secondary N) is 1. The standard InChI is InChI=1S/C10H11ClN2S/c1-14-6-5-9-12-8-4-2-3-7(11)10(8)13-9/h2-4H,5-6H2,1H3,(H,12,13). The Kier molecular flexibility index (Phi) is 2.99. The second-order valence-corrected chi connectivity index (χ2v) is 4.46. The molecule has 74 valence electrons. The molecule has 14 heavy (non-hydrogen) atoms. The molecular formula is C10H11ClN2S. The number of aromatic nitrogens is 2. The summed E-state index contributed by atoms with van der Waals surface area (Å²) in [5.41, 5.74) is 1.90. The van der Waals surface area contributed by atoms with Gasteiger partial charge in [0.05, 0.1) is 10.5 Å². The van der Waals surface area contributed by atoms with Gasteiger partial charge in [-0.15, -0.1) is 0 Å². The lowest BCUT2D eigenvalue weighted by Crippen LogP contribution is -1.89. The molecule has 1 aromatic heterocycles. The number of para-hydroxylation sites is 1. The highest BCUT2D eigenvalue weighted by atomic mass is 35.5. The van der Waals surface area contributed by atoms with Gasteiger partial charge in [-0.3, -0.25) is 0 Å². The predicted molar refractivity (Wildman–Crippen MR) is 63.2 cm³/mol. The first-order chi connectivity index (χ1) is 6.81. The Morgan fingerprint density at radius 1 is 1.50 bits per heavy atom. The van der Waals surface area contributed by atoms with Gasteiger partial charge in [0.2, 0.25) is 0 Å². The molecule has 0 unspecified atom stereocenters. The number of hydrogen-bond acceptors (Lipinski definition) is 2. The molecule has 2 rings (SSSR count). The first kappa shape index (κ1) is 9.87. The number of fused-ring (bicyclic) bond motifs is 1. The van der Waals surface area contributed by atoms with Crippen LogP contribution in [-0.4, -0.2) is 22.0 Å². The zero-order valence-electron chi connectivity index (χ0n) is 7.88. The highest BCUT2D eigenvalue weighted by Crippen LogP contribution is 2.21. The van der Waals surface area contributed by atoms with Crippen molar-refractivity contribution in [1.29, 1.82) is 0 Å². The highest BCUT2D eigenvalue weighted by Gasteiger charge is 2.04. The summed E-state index contributed by atoms with van der Waals surface area (Å²) in [6.07, 6.45) is 3.06. The molecule has 2 aromatic rings. The molecule has 1 aromatic carbocycles. The molecule has 0 atom stereocenters. The zero-order valence-corrected chi connectivity index (χ0v) is 9.45. The normalized spacial score (nSPS) is 11.0. The van der Waals surface area contributed by atoms with Crippen LogP contribution < -0.4 is 0 Å². The van der Waals surface area contributed by atoms with Crippen LogP contribution in [-0.2, 0) is 6.42 Å². The third kappa shape index (κ3) is 1.88. The van der Waals surface area contributed by atoms with Crippen LogP contribution in [0.5, 0.6) is 0 Å². The van der Waals surface area contributed by atoms with E-state index < -0.39 is 0 Å². The van der Waals surface area contributed by atoms with Gasteiger partial charge < -0.3 is 4.98 Å². The lowest BCUT2D eigenvalue weighted by atomic mass is 10.3. The van der Waals surface area contributed by atoms with E-state index in [4.69, 9.17) is 11.6 Å². The first-order valence-electron chi connectivity index (χ1n) is 4.43. The topological polar surface area (TPSA) is 28.7 Å². The number of hydrogen-bond donors (Lipinski definition) is 1. The maximum atomic E-state index is 6.02. The van der Waals surface area contributed by atoms with Crippen molar-refractivity contribution in [3.8, 4) is 0 Å². The van der Waals surface area contributed by atoms with Crippen molar-refractivity contribution in [2.75, 3.05) is 12.0 Å². The Morgan fingerprint density at radius 3 is 3.07 bits per heavy atom. The molecule has 0 spiro atoms. The van der Waals surface area contributed by atoms with Crippen molar-refractivity contribution >= 4 is 34.4 Å². The number of aromatic amines is 1. The van der Waals surface area contributed by atoms with Crippen molar-refractivity contribution < 1.29 is 0 Å². The fourth-order valence-corrected chi connectivity index (χ4v) is 1.98. The quantitative estimate of drug-likeness (QED) is 0.871. The van der Waals surface area contributed by atoms with E-state index in [-0.39, 0.29) is 0 Å². The third-order valence-electron chi connectivity index (χ3n) is 2.06. The minimum Gasteiger partial charge on any atom is -0.342 e. The summed E-state index contributed by atoms with van der Waals surface area (Å²) in [5.74, 6) is 2.10. The fourth-order valence-electron chi connectivity index (χ4n) is 1.37. The summed E-state index contributed by atoms with van der Waals surface area (Å²) in [5, 5.41) is 0.717. The fraction of sp³-hybridized carbons (Fsp3) is 0.300. The van der Waals surface area contributed by atoms with E-state index in [1.807, 2.05) is 30.0 Å². The first-order valence-corrected chi connectivity index (χ1v) is 6.20. The van der Waals surface area contributed by atoms with Gasteiger partial charge in [0.25, 0.3) is 0 Å². The largest absolute Gasteiger partial charge is 0.342 e. The molecule has 2 nitrogen and oxygen atoms in total. The maximum Gasteiger partial charge on any atom is 0.108 e. The van der Waals surface area contributed by atoms with Gasteiger partial charge in [-0.1, -0.05) is 17.7 Å². The minimum atomic E-state index is 0.717. The maximum absolute atomic E-state index is 6.02. The van der Waals surface area contributed by atoms with Crippen LogP contribution in [0, 0.1) is 0 Å². The second-order valence-electron chi connectivity index (χ2n) is 3.06. The Balaban J connectivity index is 2.36. The number of imidazole rings is 1. The Hall–Kier alpha value is -0.670. The number of rotatable bonds is 3. The summed E-state index contributed by atoms with van der Waals surface area (Å²) in [6, 6.07) is 5.79. The molecular weight excluding hydrogens is 216 g/mol. The SMILES string of the molecule is CSCCc1nc2c(Cl)cccc2[nH]1. The third-order valence-corrected chi connectivity index (χ3v) is 2.97. The zero-order chi connectivity index (χ0) is 9.97. The van der Waals surface area contributed by atoms with Crippen molar-refractivity contribution in [1.82, 2.24) is 9.97 Å². The van der Waals surface area contributed by atoms with Crippen LogP contribution in [0.15, 0.2) is 18.2 Å². The number of H-pyrrole nitrogens is 1. The molecule has 1 N–H and O–H groups in total. The number of benzene rings is 1.